The monoisotopic (exact) mass is 385 g/mol. The number of fused-ring (bicyclic) bond motifs is 6. The first-order chi connectivity index (χ1) is 12.7. The van der Waals surface area contributed by atoms with Crippen molar-refractivity contribution >= 4 is 40.2 Å². The quantitative estimate of drug-likeness (QED) is 0.516. The second-order valence-corrected chi connectivity index (χ2v) is 7.25. The van der Waals surface area contributed by atoms with Gasteiger partial charge in [-0.05, 0) is 13.0 Å². The number of hydrogen-bond donors (Lipinski definition) is 1. The summed E-state index contributed by atoms with van der Waals surface area (Å²) in [6.07, 6.45) is 4.64. The second-order valence-electron chi connectivity index (χ2n) is 7.25. The van der Waals surface area contributed by atoms with Crippen LogP contribution in [0.5, 0.6) is 0 Å². The summed E-state index contributed by atoms with van der Waals surface area (Å²) in [6.45, 7) is 2.91. The lowest BCUT2D eigenvalue weighted by Crippen LogP contribution is -2.53. The highest BCUT2D eigenvalue weighted by molar-refractivity contribution is 6.07. The third kappa shape index (κ3) is 2.60. The molecule has 3 aromatic rings. The van der Waals surface area contributed by atoms with Gasteiger partial charge in [0.2, 0.25) is 5.69 Å². The molecule has 0 radical (unpaired) electrons. The molecule has 1 N–H and O–H groups in total. The summed E-state index contributed by atoms with van der Waals surface area (Å²) < 4.78 is 13.0. The zero-order valence-electron chi connectivity index (χ0n) is 15.3. The molecule has 5 rings (SSSR count). The number of esters is 1. The van der Waals surface area contributed by atoms with Crippen LogP contribution in [0.2, 0.25) is 0 Å². The number of halogens is 1. The van der Waals surface area contributed by atoms with Crippen molar-refractivity contribution in [2.45, 2.75) is 26.0 Å². The standard InChI is InChI=1S/C21H20N2O3.ClH/c1-12-16-10-23-8-7-14-13-5-3-4-6-18(13)22-20(14)19(23)9-15(16)17(11-26-12)21(24)25-2;/h3-8,11-12,15-16H,9-10H2,1-2H3;1H/p+1. The smallest absolute Gasteiger partial charge is 0.337 e. The van der Waals surface area contributed by atoms with E-state index in [2.05, 4.69) is 46.9 Å². The van der Waals surface area contributed by atoms with Gasteiger partial charge >= 0.3 is 5.97 Å². The van der Waals surface area contributed by atoms with Gasteiger partial charge in [0.05, 0.1) is 24.9 Å². The van der Waals surface area contributed by atoms with Crippen molar-refractivity contribution in [1.82, 2.24) is 4.98 Å². The van der Waals surface area contributed by atoms with E-state index in [0.717, 1.165) is 24.0 Å². The van der Waals surface area contributed by atoms with Gasteiger partial charge in [-0.3, -0.25) is 0 Å². The number of ether oxygens (including phenoxy) is 2. The number of nitrogens with zero attached hydrogens (tertiary/aromatic N) is 1. The van der Waals surface area contributed by atoms with Crippen LogP contribution in [-0.4, -0.2) is 24.2 Å². The van der Waals surface area contributed by atoms with Gasteiger partial charge in [0, 0.05) is 34.7 Å². The predicted molar refractivity (Wildman–Crippen MR) is 105 cm³/mol. The molecule has 0 amide bonds. The van der Waals surface area contributed by atoms with Gasteiger partial charge in [0.15, 0.2) is 12.7 Å². The molecule has 0 spiro atoms. The minimum atomic E-state index is -0.288. The summed E-state index contributed by atoms with van der Waals surface area (Å²) in [7, 11) is 1.43. The first-order valence-electron chi connectivity index (χ1n) is 9.03. The molecule has 2 aliphatic heterocycles. The zero-order chi connectivity index (χ0) is 17.8. The Kier molecular flexibility index (Phi) is 4.35. The van der Waals surface area contributed by atoms with E-state index in [1.165, 1.54) is 23.6 Å². The number of pyridine rings is 1. The van der Waals surface area contributed by atoms with Crippen molar-refractivity contribution in [3.63, 3.8) is 0 Å². The summed E-state index contributed by atoms with van der Waals surface area (Å²) in [5, 5.41) is 2.46. The van der Waals surface area contributed by atoms with Crippen molar-refractivity contribution in [2.75, 3.05) is 7.11 Å². The molecule has 0 bridgehead atoms. The molecule has 1 aromatic carbocycles. The fourth-order valence-electron chi connectivity index (χ4n) is 4.57. The first-order valence-corrected chi connectivity index (χ1v) is 9.03. The maximum atomic E-state index is 12.3. The highest BCUT2D eigenvalue weighted by Crippen LogP contribution is 2.38. The predicted octanol–water partition coefficient (Wildman–Crippen LogP) is 3.29. The Morgan fingerprint density at radius 1 is 1.26 bits per heavy atom. The number of aromatic nitrogens is 2. The Balaban J connectivity index is 0.00000180. The van der Waals surface area contributed by atoms with Gasteiger partial charge in [-0.25, -0.2) is 9.36 Å². The zero-order valence-corrected chi connectivity index (χ0v) is 16.1. The topological polar surface area (TPSA) is 55.2 Å². The van der Waals surface area contributed by atoms with Crippen molar-refractivity contribution in [1.29, 1.82) is 0 Å². The summed E-state index contributed by atoms with van der Waals surface area (Å²) in [6, 6.07) is 10.5. The van der Waals surface area contributed by atoms with Crippen molar-refractivity contribution < 1.29 is 18.8 Å². The minimum absolute atomic E-state index is 0. The lowest BCUT2D eigenvalue weighted by atomic mass is 9.76. The molecular formula is C21H22ClN2O3+. The average molecular weight is 386 g/mol. The molecule has 0 fully saturated rings. The Labute approximate surface area is 163 Å². The van der Waals surface area contributed by atoms with E-state index in [1.807, 2.05) is 6.07 Å². The number of H-pyrrole nitrogens is 1. The molecule has 6 heteroatoms. The van der Waals surface area contributed by atoms with Crippen molar-refractivity contribution in [3.05, 3.63) is 54.1 Å². The Bertz CT molecular complexity index is 1070. The van der Waals surface area contributed by atoms with Gasteiger partial charge in [-0.15, -0.1) is 12.4 Å². The van der Waals surface area contributed by atoms with Gasteiger partial charge in [0.1, 0.15) is 11.6 Å². The van der Waals surface area contributed by atoms with Gasteiger partial charge in [-0.2, -0.15) is 0 Å². The van der Waals surface area contributed by atoms with Crippen LogP contribution in [0.4, 0.5) is 0 Å². The maximum absolute atomic E-state index is 12.3. The number of carbonyl (C=O) groups is 1. The van der Waals surface area contributed by atoms with E-state index < -0.39 is 0 Å². The molecule has 2 aromatic heterocycles. The fraction of sp³-hybridized carbons (Fsp3) is 0.333. The number of hydrogen-bond acceptors (Lipinski definition) is 3. The van der Waals surface area contributed by atoms with E-state index in [1.54, 1.807) is 6.26 Å². The van der Waals surface area contributed by atoms with Crippen LogP contribution in [0.3, 0.4) is 0 Å². The lowest BCUT2D eigenvalue weighted by molar-refractivity contribution is -0.717. The molecule has 0 saturated heterocycles. The SMILES string of the molecule is COC(=O)C1=COC(C)C2C[n+]3ccc4c([nH]c5ccccc54)c3CC12.Cl. The third-order valence-corrected chi connectivity index (χ3v) is 5.97. The minimum Gasteiger partial charge on any atom is -0.497 e. The average Bonchev–Trinajstić information content (AvgIpc) is 3.06. The molecule has 0 aliphatic carbocycles. The molecule has 3 unspecified atom stereocenters. The number of nitrogens with one attached hydrogen (secondary N) is 1. The fourth-order valence-corrected chi connectivity index (χ4v) is 4.57. The van der Waals surface area contributed by atoms with Crippen molar-refractivity contribution in [3.8, 4) is 0 Å². The highest BCUT2D eigenvalue weighted by atomic mass is 35.5. The van der Waals surface area contributed by atoms with Crippen LogP contribution in [0.1, 0.15) is 12.6 Å². The van der Waals surface area contributed by atoms with E-state index in [4.69, 9.17) is 9.47 Å². The molecule has 5 nitrogen and oxygen atoms in total. The Morgan fingerprint density at radius 3 is 2.89 bits per heavy atom. The van der Waals surface area contributed by atoms with Crippen LogP contribution < -0.4 is 4.57 Å². The normalized spacial score (nSPS) is 23.6. The molecule has 27 heavy (non-hydrogen) atoms. The van der Waals surface area contributed by atoms with E-state index in [9.17, 15) is 4.79 Å². The number of methoxy groups -OCH3 is 1. The highest BCUT2D eigenvalue weighted by Gasteiger charge is 2.45. The number of para-hydroxylation sites is 1. The first kappa shape index (κ1) is 17.9. The second kappa shape index (κ2) is 6.57. The number of rotatable bonds is 1. The van der Waals surface area contributed by atoms with Gasteiger partial charge < -0.3 is 14.5 Å². The van der Waals surface area contributed by atoms with Crippen molar-refractivity contribution in [2.24, 2.45) is 11.8 Å². The third-order valence-electron chi connectivity index (χ3n) is 5.97. The Morgan fingerprint density at radius 2 is 2.07 bits per heavy atom. The van der Waals surface area contributed by atoms with E-state index >= 15 is 0 Å². The van der Waals surface area contributed by atoms with E-state index in [0.29, 0.717) is 5.57 Å². The van der Waals surface area contributed by atoms with Gasteiger partial charge in [-0.1, -0.05) is 18.2 Å². The summed E-state index contributed by atoms with van der Waals surface area (Å²) in [4.78, 5) is 15.8. The Hall–Kier alpha value is -2.53. The van der Waals surface area contributed by atoms with Crippen LogP contribution in [0.25, 0.3) is 21.8 Å². The van der Waals surface area contributed by atoms with Crippen LogP contribution in [-0.2, 0) is 27.2 Å². The summed E-state index contributed by atoms with van der Waals surface area (Å²) >= 11 is 0. The van der Waals surface area contributed by atoms with Gasteiger partial charge in [0.25, 0.3) is 0 Å². The van der Waals surface area contributed by atoms with Crippen LogP contribution in [0.15, 0.2) is 48.4 Å². The number of aromatic amines is 1. The van der Waals surface area contributed by atoms with E-state index in [-0.39, 0.29) is 36.3 Å². The number of benzene rings is 1. The molecule has 4 heterocycles. The largest absolute Gasteiger partial charge is 0.497 e. The maximum Gasteiger partial charge on any atom is 0.337 e. The molecule has 0 saturated carbocycles. The molecule has 2 aliphatic rings. The van der Waals surface area contributed by atoms with Crippen LogP contribution in [0, 0.1) is 11.8 Å². The summed E-state index contributed by atoms with van der Waals surface area (Å²) in [5.41, 5.74) is 4.19. The number of carbonyl (C=O) groups excluding carboxylic acids is 1. The molecule has 3 atom stereocenters. The van der Waals surface area contributed by atoms with Crippen LogP contribution >= 0.6 is 12.4 Å². The summed E-state index contributed by atoms with van der Waals surface area (Å²) in [5.74, 6) is 0.0841. The molecule has 140 valence electrons. The lowest BCUT2D eigenvalue weighted by Gasteiger charge is -2.36. The molecular weight excluding hydrogens is 364 g/mol.